The van der Waals surface area contributed by atoms with Crippen molar-refractivity contribution in [1.82, 2.24) is 4.72 Å². The number of anilines is 1. The maximum Gasteiger partial charge on any atom is 0.416 e. The highest BCUT2D eigenvalue weighted by Gasteiger charge is 2.39. The second-order valence-electron chi connectivity index (χ2n) is 10.1. The summed E-state index contributed by atoms with van der Waals surface area (Å²) in [6.45, 7) is 2.72. The van der Waals surface area contributed by atoms with E-state index in [1.807, 2.05) is 0 Å². The SMILES string of the molecule is CC(C)(C[C@H]1CN(S(=O)(=O)c2cccc(C(F)(F)F)c2)c2cc(-c3cc(F)ccc3F)ccc2O1)NS(C)(=O)=O. The molecule has 0 fully saturated rings. The zero-order valence-electron chi connectivity index (χ0n) is 21.5. The largest absolute Gasteiger partial charge is 0.486 e. The van der Waals surface area contributed by atoms with Gasteiger partial charge in [-0.3, -0.25) is 4.31 Å². The molecule has 3 aromatic rings. The van der Waals surface area contributed by atoms with Crippen LogP contribution in [-0.2, 0) is 26.2 Å². The monoisotopic (exact) mass is 604 g/mol. The Kier molecular flexibility index (Phi) is 7.67. The van der Waals surface area contributed by atoms with Crippen LogP contribution < -0.4 is 13.8 Å². The molecule has 216 valence electrons. The summed E-state index contributed by atoms with van der Waals surface area (Å²) >= 11 is 0. The molecule has 0 spiro atoms. The number of halogens is 5. The number of benzene rings is 3. The zero-order chi connectivity index (χ0) is 29.7. The minimum Gasteiger partial charge on any atom is -0.486 e. The Morgan fingerprint density at radius 1 is 0.975 bits per heavy atom. The second-order valence-corrected chi connectivity index (χ2v) is 13.7. The van der Waals surface area contributed by atoms with Crippen molar-refractivity contribution in [3.8, 4) is 16.9 Å². The summed E-state index contributed by atoms with van der Waals surface area (Å²) in [7, 11) is -8.30. The summed E-state index contributed by atoms with van der Waals surface area (Å²) in [5, 5.41) is 0. The number of ether oxygens (including phenoxy) is 1. The van der Waals surface area contributed by atoms with Gasteiger partial charge in [-0.1, -0.05) is 12.1 Å². The highest BCUT2D eigenvalue weighted by Crippen LogP contribution is 2.42. The molecule has 0 saturated heterocycles. The number of alkyl halides is 3. The lowest BCUT2D eigenvalue weighted by Gasteiger charge is -2.38. The Morgan fingerprint density at radius 3 is 2.33 bits per heavy atom. The molecule has 1 heterocycles. The molecule has 0 aromatic heterocycles. The predicted octanol–water partition coefficient (Wildman–Crippen LogP) is 5.32. The summed E-state index contributed by atoms with van der Waals surface area (Å²) in [6, 6.07) is 9.94. The Bertz CT molecular complexity index is 1660. The molecule has 0 saturated carbocycles. The number of nitrogens with zero attached hydrogens (tertiary/aromatic N) is 1. The molecule has 1 aliphatic rings. The van der Waals surface area contributed by atoms with Crippen molar-refractivity contribution in [3.05, 3.63) is 77.9 Å². The van der Waals surface area contributed by atoms with E-state index in [9.17, 15) is 38.8 Å². The Labute approximate surface area is 228 Å². The normalized spacial score (nSPS) is 16.4. The van der Waals surface area contributed by atoms with Gasteiger partial charge in [-0.25, -0.2) is 30.3 Å². The topological polar surface area (TPSA) is 92.8 Å². The number of nitrogens with one attached hydrogen (secondary N) is 1. The van der Waals surface area contributed by atoms with Crippen molar-refractivity contribution in [2.45, 2.75) is 43.0 Å². The van der Waals surface area contributed by atoms with Gasteiger partial charge in [0.05, 0.1) is 28.9 Å². The van der Waals surface area contributed by atoms with Crippen LogP contribution in [0.2, 0.25) is 0 Å². The third-order valence-corrected chi connectivity index (χ3v) is 8.78. The molecule has 4 rings (SSSR count). The van der Waals surface area contributed by atoms with Crippen molar-refractivity contribution in [1.29, 1.82) is 0 Å². The molecule has 0 radical (unpaired) electrons. The number of hydrogen-bond donors (Lipinski definition) is 1. The van der Waals surface area contributed by atoms with Gasteiger partial charge in [-0.2, -0.15) is 13.2 Å². The summed E-state index contributed by atoms with van der Waals surface area (Å²) in [5.41, 5.74) is -2.44. The Balaban J connectivity index is 1.83. The fourth-order valence-electron chi connectivity index (χ4n) is 4.60. The molecule has 14 heteroatoms. The van der Waals surface area contributed by atoms with Crippen LogP contribution in [0.4, 0.5) is 27.6 Å². The van der Waals surface area contributed by atoms with Gasteiger partial charge in [0.15, 0.2) is 0 Å². The first-order valence-corrected chi connectivity index (χ1v) is 15.1. The van der Waals surface area contributed by atoms with Crippen molar-refractivity contribution < 1.29 is 43.5 Å². The van der Waals surface area contributed by atoms with Crippen LogP contribution in [0.3, 0.4) is 0 Å². The van der Waals surface area contributed by atoms with Gasteiger partial charge in [-0.15, -0.1) is 0 Å². The van der Waals surface area contributed by atoms with Crippen molar-refractivity contribution in [2.24, 2.45) is 0 Å². The zero-order valence-corrected chi connectivity index (χ0v) is 23.1. The van der Waals surface area contributed by atoms with Crippen LogP contribution in [0.15, 0.2) is 65.6 Å². The first-order chi connectivity index (χ1) is 18.4. The highest BCUT2D eigenvalue weighted by molar-refractivity contribution is 7.92. The molecule has 1 atom stereocenters. The highest BCUT2D eigenvalue weighted by atomic mass is 32.2. The van der Waals surface area contributed by atoms with Gasteiger partial charge in [0.25, 0.3) is 10.0 Å². The van der Waals surface area contributed by atoms with E-state index in [-0.39, 0.29) is 29.0 Å². The second kappa shape index (κ2) is 10.3. The van der Waals surface area contributed by atoms with E-state index in [0.717, 1.165) is 47.0 Å². The van der Waals surface area contributed by atoms with E-state index in [1.165, 1.54) is 18.2 Å². The molecule has 0 amide bonds. The number of sulfonamides is 2. The molecule has 1 N–H and O–H groups in total. The fourth-order valence-corrected chi connectivity index (χ4v) is 7.24. The van der Waals surface area contributed by atoms with E-state index in [0.29, 0.717) is 6.07 Å². The Hall–Kier alpha value is -3.23. The molecule has 0 aliphatic carbocycles. The molecule has 0 bridgehead atoms. The van der Waals surface area contributed by atoms with Crippen LogP contribution in [-0.4, -0.2) is 41.3 Å². The van der Waals surface area contributed by atoms with Gasteiger partial charge in [0, 0.05) is 17.5 Å². The first kappa shape index (κ1) is 29.7. The van der Waals surface area contributed by atoms with E-state index < -0.39 is 66.5 Å². The quantitative estimate of drug-likeness (QED) is 0.369. The van der Waals surface area contributed by atoms with Gasteiger partial charge in [-0.05, 0) is 67.9 Å². The minimum atomic E-state index is -4.81. The number of hydrogen-bond acceptors (Lipinski definition) is 5. The minimum absolute atomic E-state index is 0.00233. The van der Waals surface area contributed by atoms with E-state index in [1.54, 1.807) is 13.8 Å². The van der Waals surface area contributed by atoms with Gasteiger partial charge < -0.3 is 4.74 Å². The van der Waals surface area contributed by atoms with Crippen LogP contribution in [0.5, 0.6) is 5.75 Å². The van der Waals surface area contributed by atoms with Gasteiger partial charge >= 0.3 is 6.18 Å². The summed E-state index contributed by atoms with van der Waals surface area (Å²) < 4.78 is 129. The van der Waals surface area contributed by atoms with Crippen molar-refractivity contribution in [3.63, 3.8) is 0 Å². The summed E-state index contributed by atoms with van der Waals surface area (Å²) in [6.07, 6.45) is -4.80. The predicted molar refractivity (Wildman–Crippen MR) is 139 cm³/mol. The maximum absolute atomic E-state index is 14.5. The molecule has 3 aromatic carbocycles. The smallest absolute Gasteiger partial charge is 0.416 e. The number of rotatable bonds is 7. The molecule has 7 nitrogen and oxygen atoms in total. The standard InChI is InChI=1S/C26H25F5N2O5S2/c1-25(2,32-39(3,34)35)14-19-15-33(40(36,37)20-6-4-5-17(12-20)26(29,30)31)23-11-16(7-10-24(23)38-19)21-13-18(27)8-9-22(21)28/h4-13,19,32H,14-15H2,1-3H3/t19-/m0/s1. The lowest BCUT2D eigenvalue weighted by Crippen LogP contribution is -2.50. The van der Waals surface area contributed by atoms with Crippen molar-refractivity contribution >= 4 is 25.7 Å². The lowest BCUT2D eigenvalue weighted by atomic mass is 9.97. The average Bonchev–Trinajstić information content (AvgIpc) is 2.82. The van der Waals surface area contributed by atoms with Crippen LogP contribution in [0.25, 0.3) is 11.1 Å². The van der Waals surface area contributed by atoms with Crippen LogP contribution in [0.1, 0.15) is 25.8 Å². The molecule has 0 unspecified atom stereocenters. The summed E-state index contributed by atoms with van der Waals surface area (Å²) in [5.74, 6) is -1.51. The van der Waals surface area contributed by atoms with E-state index in [2.05, 4.69) is 4.72 Å². The Morgan fingerprint density at radius 2 is 1.68 bits per heavy atom. The fraction of sp³-hybridized carbons (Fsp3) is 0.308. The summed E-state index contributed by atoms with van der Waals surface area (Å²) in [4.78, 5) is -0.648. The molecular weight excluding hydrogens is 579 g/mol. The van der Waals surface area contributed by atoms with Crippen LogP contribution >= 0.6 is 0 Å². The van der Waals surface area contributed by atoms with Crippen LogP contribution in [0, 0.1) is 11.6 Å². The van der Waals surface area contributed by atoms with E-state index in [4.69, 9.17) is 4.74 Å². The average molecular weight is 605 g/mol. The maximum atomic E-state index is 14.5. The third-order valence-electron chi connectivity index (χ3n) is 6.08. The molecular formula is C26H25F5N2O5S2. The van der Waals surface area contributed by atoms with E-state index >= 15 is 0 Å². The van der Waals surface area contributed by atoms with Gasteiger partial charge in [0.2, 0.25) is 10.0 Å². The molecule has 40 heavy (non-hydrogen) atoms. The van der Waals surface area contributed by atoms with Crippen molar-refractivity contribution in [2.75, 3.05) is 17.1 Å². The lowest BCUT2D eigenvalue weighted by molar-refractivity contribution is -0.137. The third kappa shape index (κ3) is 6.56. The first-order valence-electron chi connectivity index (χ1n) is 11.8. The number of fused-ring (bicyclic) bond motifs is 1. The van der Waals surface area contributed by atoms with Gasteiger partial charge in [0.1, 0.15) is 23.5 Å². The molecule has 1 aliphatic heterocycles.